The molecule has 3 aromatic rings. The first-order valence-electron chi connectivity index (χ1n) is 10.5. The van der Waals surface area contributed by atoms with Crippen molar-refractivity contribution in [1.29, 1.82) is 0 Å². The summed E-state index contributed by atoms with van der Waals surface area (Å²) in [5, 5.41) is 1.05. The molecule has 1 aliphatic heterocycles. The fourth-order valence-corrected chi connectivity index (χ4v) is 6.33. The van der Waals surface area contributed by atoms with E-state index in [1.165, 1.54) is 18.2 Å². The number of anilines is 2. The minimum absolute atomic E-state index is 0.0328. The average molecular weight is 507 g/mol. The summed E-state index contributed by atoms with van der Waals surface area (Å²) in [6.07, 6.45) is 5.29. The van der Waals surface area contributed by atoms with E-state index >= 15 is 0 Å². The number of hydrogen-bond acceptors (Lipinski definition) is 9. The topological polar surface area (TPSA) is 144 Å². The van der Waals surface area contributed by atoms with Crippen LogP contribution in [0, 0.1) is 0 Å². The van der Waals surface area contributed by atoms with Crippen LogP contribution in [0.4, 0.5) is 11.4 Å². The Bertz CT molecular complexity index is 1290. The van der Waals surface area contributed by atoms with Crippen LogP contribution in [-0.2, 0) is 10.0 Å². The molecule has 12 heteroatoms. The van der Waals surface area contributed by atoms with Crippen molar-refractivity contribution in [2.24, 2.45) is 5.73 Å². The molecular weight excluding hydrogens is 480 g/mol. The normalized spacial score (nSPS) is 15.1. The molecule has 1 fully saturated rings. The van der Waals surface area contributed by atoms with Crippen LogP contribution in [0.5, 0.6) is 0 Å². The van der Waals surface area contributed by atoms with Gasteiger partial charge < -0.3 is 16.4 Å². The molecule has 4 rings (SSSR count). The molecular formula is C21H26N6O3S3. The molecule has 0 unspecified atom stereocenters. The van der Waals surface area contributed by atoms with Crippen molar-refractivity contribution in [3.05, 3.63) is 29.1 Å². The standard InChI is InChI=1S/C21H26N6O3S3/c1-31-21-24-17(15-16(22)18(19(23)28)32-20(15)25-21)13-6-5-7-14(12-13)26-33(29,30)11-10-27-8-3-2-4-9-27/h5-7,12,26H,2-4,8-11,22H2,1H3,(H2,23,28). The molecule has 0 radical (unpaired) electrons. The minimum atomic E-state index is -3.52. The summed E-state index contributed by atoms with van der Waals surface area (Å²) in [7, 11) is -3.52. The number of fused-ring (bicyclic) bond motifs is 1. The molecule has 0 aliphatic carbocycles. The van der Waals surface area contributed by atoms with Gasteiger partial charge in [0, 0.05) is 17.8 Å². The van der Waals surface area contributed by atoms with Crippen LogP contribution in [0.3, 0.4) is 0 Å². The summed E-state index contributed by atoms with van der Waals surface area (Å²) in [5.74, 6) is -0.590. The molecule has 1 aliphatic rings. The fourth-order valence-electron chi connectivity index (χ4n) is 3.88. The van der Waals surface area contributed by atoms with Crippen molar-refractivity contribution < 1.29 is 13.2 Å². The van der Waals surface area contributed by atoms with E-state index in [0.29, 0.717) is 38.9 Å². The predicted molar refractivity (Wildman–Crippen MR) is 135 cm³/mol. The zero-order valence-electron chi connectivity index (χ0n) is 18.2. The van der Waals surface area contributed by atoms with Crippen LogP contribution in [0.2, 0.25) is 0 Å². The average Bonchev–Trinajstić information content (AvgIpc) is 3.14. The van der Waals surface area contributed by atoms with E-state index in [-0.39, 0.29) is 16.3 Å². The van der Waals surface area contributed by atoms with Crippen LogP contribution < -0.4 is 16.2 Å². The van der Waals surface area contributed by atoms with Gasteiger partial charge in [0.2, 0.25) is 10.0 Å². The number of benzene rings is 1. The summed E-state index contributed by atoms with van der Waals surface area (Å²) in [4.78, 5) is 23.8. The number of amides is 1. The Kier molecular flexibility index (Phi) is 7.07. The van der Waals surface area contributed by atoms with Gasteiger partial charge in [-0.2, -0.15) is 0 Å². The van der Waals surface area contributed by atoms with Gasteiger partial charge in [0.1, 0.15) is 9.71 Å². The SMILES string of the molecule is CSc1nc(-c2cccc(NS(=O)(=O)CCN3CCCCC3)c2)c2c(N)c(C(N)=O)sc2n1. The summed E-state index contributed by atoms with van der Waals surface area (Å²) in [5.41, 5.74) is 13.6. The van der Waals surface area contributed by atoms with Gasteiger partial charge in [-0.1, -0.05) is 30.3 Å². The first kappa shape index (κ1) is 23.7. The first-order valence-corrected chi connectivity index (χ1v) is 14.2. The fraction of sp³-hybridized carbons (Fsp3) is 0.381. The summed E-state index contributed by atoms with van der Waals surface area (Å²) >= 11 is 2.49. The van der Waals surface area contributed by atoms with Crippen molar-refractivity contribution in [1.82, 2.24) is 14.9 Å². The number of aromatic nitrogens is 2. The largest absolute Gasteiger partial charge is 0.397 e. The molecule has 33 heavy (non-hydrogen) atoms. The highest BCUT2D eigenvalue weighted by Crippen LogP contribution is 2.39. The third kappa shape index (κ3) is 5.40. The smallest absolute Gasteiger partial charge is 0.260 e. The second-order valence-corrected chi connectivity index (χ2v) is 11.5. The van der Waals surface area contributed by atoms with Gasteiger partial charge in [-0.05, 0) is 44.3 Å². The number of nitrogens with one attached hydrogen (secondary N) is 1. The number of nitrogens with two attached hydrogens (primary N) is 2. The highest BCUT2D eigenvalue weighted by Gasteiger charge is 2.21. The number of nitrogen functional groups attached to an aromatic ring is 1. The van der Waals surface area contributed by atoms with Crippen molar-refractivity contribution in [2.45, 2.75) is 24.4 Å². The number of sulfonamides is 1. The van der Waals surface area contributed by atoms with E-state index in [9.17, 15) is 13.2 Å². The zero-order valence-corrected chi connectivity index (χ0v) is 20.7. The van der Waals surface area contributed by atoms with Gasteiger partial charge in [-0.15, -0.1) is 11.3 Å². The lowest BCUT2D eigenvalue weighted by molar-refractivity contribution is 0.100. The van der Waals surface area contributed by atoms with Crippen LogP contribution in [0.1, 0.15) is 28.9 Å². The molecule has 1 amide bonds. The second kappa shape index (κ2) is 9.84. The molecule has 0 atom stereocenters. The van der Waals surface area contributed by atoms with Crippen LogP contribution >= 0.6 is 23.1 Å². The summed E-state index contributed by atoms with van der Waals surface area (Å²) in [6.45, 7) is 2.41. The van der Waals surface area contributed by atoms with Gasteiger partial charge in [-0.3, -0.25) is 9.52 Å². The number of thioether (sulfide) groups is 1. The number of primary amides is 1. The van der Waals surface area contributed by atoms with Crippen molar-refractivity contribution >= 4 is 60.6 Å². The van der Waals surface area contributed by atoms with Gasteiger partial charge in [0.25, 0.3) is 5.91 Å². The number of likely N-dealkylation sites (tertiary alicyclic amines) is 1. The van der Waals surface area contributed by atoms with Gasteiger partial charge >= 0.3 is 0 Å². The number of piperidine rings is 1. The molecule has 0 spiro atoms. The lowest BCUT2D eigenvalue weighted by atomic mass is 10.1. The summed E-state index contributed by atoms with van der Waals surface area (Å²) < 4.78 is 28.1. The zero-order chi connectivity index (χ0) is 23.6. The van der Waals surface area contributed by atoms with E-state index in [4.69, 9.17) is 11.5 Å². The molecule has 1 saturated heterocycles. The Hall–Kier alpha value is -2.41. The van der Waals surface area contributed by atoms with E-state index in [1.54, 1.807) is 18.2 Å². The molecule has 9 nitrogen and oxygen atoms in total. The maximum Gasteiger partial charge on any atom is 0.260 e. The molecule has 2 aromatic heterocycles. The first-order chi connectivity index (χ1) is 15.8. The quantitative estimate of drug-likeness (QED) is 0.312. The van der Waals surface area contributed by atoms with E-state index < -0.39 is 15.9 Å². The van der Waals surface area contributed by atoms with Crippen molar-refractivity contribution in [3.63, 3.8) is 0 Å². The number of hydrogen-bond donors (Lipinski definition) is 3. The Morgan fingerprint density at radius 3 is 2.70 bits per heavy atom. The van der Waals surface area contributed by atoms with Crippen LogP contribution in [-0.4, -0.2) is 60.8 Å². The van der Waals surface area contributed by atoms with Crippen molar-refractivity contribution in [2.75, 3.05) is 42.1 Å². The number of rotatable bonds is 8. The highest BCUT2D eigenvalue weighted by molar-refractivity contribution is 7.98. The van der Waals surface area contributed by atoms with Crippen LogP contribution in [0.15, 0.2) is 29.4 Å². The highest BCUT2D eigenvalue weighted by atomic mass is 32.2. The lowest BCUT2D eigenvalue weighted by Gasteiger charge is -2.26. The van der Waals surface area contributed by atoms with Gasteiger partial charge in [0.15, 0.2) is 5.16 Å². The lowest BCUT2D eigenvalue weighted by Crippen LogP contribution is -2.35. The molecule has 1 aromatic carbocycles. The Morgan fingerprint density at radius 1 is 1.24 bits per heavy atom. The molecule has 3 heterocycles. The predicted octanol–water partition coefficient (Wildman–Crippen LogP) is 2.99. The molecule has 0 saturated carbocycles. The number of nitrogens with zero attached hydrogens (tertiary/aromatic N) is 3. The third-order valence-corrected chi connectivity index (χ3v) is 8.44. The van der Waals surface area contributed by atoms with Crippen molar-refractivity contribution in [3.8, 4) is 11.3 Å². The van der Waals surface area contributed by atoms with Gasteiger partial charge in [0.05, 0.1) is 22.5 Å². The molecule has 0 bridgehead atoms. The maximum absolute atomic E-state index is 12.7. The summed E-state index contributed by atoms with van der Waals surface area (Å²) in [6, 6.07) is 6.98. The van der Waals surface area contributed by atoms with E-state index in [2.05, 4.69) is 19.6 Å². The molecule has 176 valence electrons. The Balaban J connectivity index is 1.64. The van der Waals surface area contributed by atoms with Crippen LogP contribution in [0.25, 0.3) is 21.5 Å². The Morgan fingerprint density at radius 2 is 2.00 bits per heavy atom. The minimum Gasteiger partial charge on any atom is -0.397 e. The molecule has 5 N–H and O–H groups in total. The number of carbonyl (C=O) groups is 1. The monoisotopic (exact) mass is 506 g/mol. The number of carbonyl (C=O) groups excluding carboxylic acids is 1. The third-order valence-electron chi connectivity index (χ3n) is 5.51. The van der Waals surface area contributed by atoms with Gasteiger partial charge in [-0.25, -0.2) is 18.4 Å². The van der Waals surface area contributed by atoms with E-state index in [1.807, 2.05) is 12.3 Å². The van der Waals surface area contributed by atoms with E-state index in [0.717, 1.165) is 37.3 Å². The Labute approximate surface area is 201 Å². The maximum atomic E-state index is 12.7. The second-order valence-electron chi connectivity index (χ2n) is 7.85. The number of thiophene rings is 1.